The summed E-state index contributed by atoms with van der Waals surface area (Å²) in [4.78, 5) is 7.14. The summed E-state index contributed by atoms with van der Waals surface area (Å²) >= 11 is 0. The highest BCUT2D eigenvalue weighted by molar-refractivity contribution is 5.11. The molecule has 1 aromatic heterocycles. The van der Waals surface area contributed by atoms with Crippen molar-refractivity contribution in [3.8, 4) is 0 Å². The maximum absolute atomic E-state index is 5.25. The molecule has 0 aliphatic carbocycles. The van der Waals surface area contributed by atoms with Crippen molar-refractivity contribution >= 4 is 0 Å². The summed E-state index contributed by atoms with van der Waals surface area (Å²) < 4.78 is 5.25. The number of hydrogen-bond acceptors (Lipinski definition) is 4. The highest BCUT2D eigenvalue weighted by Gasteiger charge is 2.13. The highest BCUT2D eigenvalue weighted by Crippen LogP contribution is 2.09. The molecule has 1 unspecified atom stereocenters. The van der Waals surface area contributed by atoms with Crippen LogP contribution in [-0.4, -0.2) is 41.7 Å². The predicted octanol–water partition coefficient (Wildman–Crippen LogP) is 2.83. The molecule has 1 aromatic rings. The first-order valence-corrected chi connectivity index (χ1v) is 7.78. The second-order valence-corrected chi connectivity index (χ2v) is 6.59. The Kier molecular flexibility index (Phi) is 7.29. The third-order valence-corrected chi connectivity index (χ3v) is 3.47. The molecule has 0 bridgehead atoms. The van der Waals surface area contributed by atoms with Crippen LogP contribution in [0.25, 0.3) is 0 Å². The van der Waals surface area contributed by atoms with Crippen LogP contribution in [0.3, 0.4) is 0 Å². The van der Waals surface area contributed by atoms with Crippen LogP contribution in [0.2, 0.25) is 0 Å². The summed E-state index contributed by atoms with van der Waals surface area (Å²) in [6.45, 7) is 14.3. The van der Waals surface area contributed by atoms with E-state index in [1.807, 2.05) is 0 Å². The van der Waals surface area contributed by atoms with Gasteiger partial charge in [-0.15, -0.1) is 0 Å². The normalized spacial score (nSPS) is 13.7. The molecule has 21 heavy (non-hydrogen) atoms. The van der Waals surface area contributed by atoms with Crippen molar-refractivity contribution in [1.29, 1.82) is 0 Å². The summed E-state index contributed by atoms with van der Waals surface area (Å²) in [5, 5.41) is 3.48. The molecule has 0 saturated heterocycles. The van der Waals surface area contributed by atoms with Crippen molar-refractivity contribution in [2.45, 2.75) is 59.3 Å². The van der Waals surface area contributed by atoms with Crippen molar-refractivity contribution in [2.24, 2.45) is 0 Å². The number of rotatable bonds is 8. The van der Waals surface area contributed by atoms with Crippen LogP contribution in [0, 0.1) is 0 Å². The van der Waals surface area contributed by atoms with Gasteiger partial charge < -0.3 is 10.1 Å². The molecular weight excluding hydrogens is 262 g/mol. The second-order valence-electron chi connectivity index (χ2n) is 6.59. The van der Waals surface area contributed by atoms with Gasteiger partial charge in [-0.3, -0.25) is 9.88 Å². The number of likely N-dealkylation sites (N-methyl/N-ethyl adjacent to an activating group) is 1. The van der Waals surface area contributed by atoms with E-state index in [4.69, 9.17) is 9.72 Å². The largest absolute Gasteiger partial charge is 0.383 e. The molecule has 0 amide bonds. The predicted molar refractivity (Wildman–Crippen MR) is 88.3 cm³/mol. The molecule has 1 N–H and O–H groups in total. The molecule has 0 fully saturated rings. The lowest BCUT2D eigenvalue weighted by atomic mass is 10.1. The zero-order valence-corrected chi connectivity index (χ0v) is 14.4. The van der Waals surface area contributed by atoms with Gasteiger partial charge in [0.15, 0.2) is 0 Å². The Morgan fingerprint density at radius 1 is 1.29 bits per heavy atom. The molecule has 0 saturated carbocycles. The molecular formula is C17H31N3O. The van der Waals surface area contributed by atoms with Gasteiger partial charge in [0.1, 0.15) is 0 Å². The van der Waals surface area contributed by atoms with Crippen LogP contribution in [0.1, 0.15) is 46.0 Å². The topological polar surface area (TPSA) is 37.4 Å². The zero-order chi connectivity index (χ0) is 15.9. The number of pyridine rings is 1. The second kappa shape index (κ2) is 8.47. The van der Waals surface area contributed by atoms with Crippen molar-refractivity contribution in [1.82, 2.24) is 15.2 Å². The van der Waals surface area contributed by atoms with E-state index in [1.54, 1.807) is 7.11 Å². The molecule has 0 aliphatic rings. The highest BCUT2D eigenvalue weighted by atomic mass is 16.5. The first-order chi connectivity index (χ1) is 9.85. The van der Waals surface area contributed by atoms with Gasteiger partial charge in [0, 0.05) is 31.8 Å². The maximum atomic E-state index is 5.25. The molecule has 1 rings (SSSR count). The van der Waals surface area contributed by atoms with E-state index in [-0.39, 0.29) is 5.54 Å². The van der Waals surface area contributed by atoms with E-state index in [0.29, 0.717) is 6.04 Å². The minimum atomic E-state index is 0.111. The number of aromatic nitrogens is 1. The molecule has 120 valence electrons. The van der Waals surface area contributed by atoms with E-state index < -0.39 is 0 Å². The summed E-state index contributed by atoms with van der Waals surface area (Å²) in [7, 11) is 1.75. The number of methoxy groups -OCH3 is 1. The minimum absolute atomic E-state index is 0.111. The van der Waals surface area contributed by atoms with E-state index in [0.717, 1.165) is 37.6 Å². The van der Waals surface area contributed by atoms with Crippen LogP contribution < -0.4 is 5.32 Å². The van der Waals surface area contributed by atoms with Crippen LogP contribution in [0.5, 0.6) is 0 Å². The fourth-order valence-electron chi connectivity index (χ4n) is 2.21. The van der Waals surface area contributed by atoms with Gasteiger partial charge in [-0.25, -0.2) is 0 Å². The van der Waals surface area contributed by atoms with E-state index in [1.165, 1.54) is 0 Å². The number of ether oxygens (including phenoxy) is 1. The summed E-state index contributed by atoms with van der Waals surface area (Å²) in [5.41, 5.74) is 2.33. The monoisotopic (exact) mass is 293 g/mol. The number of hydrogen-bond donors (Lipinski definition) is 1. The van der Waals surface area contributed by atoms with Gasteiger partial charge in [0.05, 0.1) is 18.0 Å². The fraction of sp³-hybridized carbons (Fsp3) is 0.706. The minimum Gasteiger partial charge on any atom is -0.383 e. The Hall–Kier alpha value is -0.970. The van der Waals surface area contributed by atoms with Gasteiger partial charge >= 0.3 is 0 Å². The van der Waals surface area contributed by atoms with E-state index in [2.05, 4.69) is 63.0 Å². The molecule has 0 radical (unpaired) electrons. The van der Waals surface area contributed by atoms with Gasteiger partial charge in [0.25, 0.3) is 0 Å². The number of nitrogens with zero attached hydrogens (tertiary/aromatic N) is 2. The zero-order valence-electron chi connectivity index (χ0n) is 14.4. The SMILES string of the molecule is CCN(Cc1cccc(CNC(C)(C)C)n1)C(C)COC. The molecule has 4 nitrogen and oxygen atoms in total. The first kappa shape index (κ1) is 18.1. The van der Waals surface area contributed by atoms with Crippen molar-refractivity contribution in [3.63, 3.8) is 0 Å². The van der Waals surface area contributed by atoms with Gasteiger partial charge in [-0.05, 0) is 46.4 Å². The summed E-state index contributed by atoms with van der Waals surface area (Å²) in [5.74, 6) is 0. The van der Waals surface area contributed by atoms with Crippen LogP contribution in [0.15, 0.2) is 18.2 Å². The fourth-order valence-corrected chi connectivity index (χ4v) is 2.21. The molecule has 0 aliphatic heterocycles. The lowest BCUT2D eigenvalue weighted by Crippen LogP contribution is -2.36. The Morgan fingerprint density at radius 3 is 2.52 bits per heavy atom. The molecule has 0 spiro atoms. The Morgan fingerprint density at radius 2 is 1.95 bits per heavy atom. The lowest BCUT2D eigenvalue weighted by Gasteiger charge is -2.27. The van der Waals surface area contributed by atoms with Gasteiger partial charge in [-0.1, -0.05) is 13.0 Å². The smallest absolute Gasteiger partial charge is 0.0615 e. The lowest BCUT2D eigenvalue weighted by molar-refractivity contribution is 0.0973. The van der Waals surface area contributed by atoms with Crippen molar-refractivity contribution < 1.29 is 4.74 Å². The molecule has 0 aromatic carbocycles. The van der Waals surface area contributed by atoms with E-state index in [9.17, 15) is 0 Å². The average molecular weight is 293 g/mol. The van der Waals surface area contributed by atoms with Gasteiger partial charge in [-0.2, -0.15) is 0 Å². The Bertz CT molecular complexity index is 415. The molecule has 1 atom stereocenters. The quantitative estimate of drug-likeness (QED) is 0.800. The molecule has 1 heterocycles. The molecule has 4 heteroatoms. The maximum Gasteiger partial charge on any atom is 0.0615 e. The number of nitrogens with one attached hydrogen (secondary N) is 1. The van der Waals surface area contributed by atoms with Crippen molar-refractivity contribution in [2.75, 3.05) is 20.3 Å². The standard InChI is InChI=1S/C17H31N3O/c1-7-20(14(2)13-21-6)12-16-10-8-9-15(19-16)11-18-17(3,4)5/h8-10,14,18H,7,11-13H2,1-6H3. The van der Waals surface area contributed by atoms with E-state index >= 15 is 0 Å². The van der Waals surface area contributed by atoms with Crippen LogP contribution in [0.4, 0.5) is 0 Å². The first-order valence-electron chi connectivity index (χ1n) is 7.78. The average Bonchev–Trinajstić information content (AvgIpc) is 2.42. The third-order valence-electron chi connectivity index (χ3n) is 3.47. The summed E-state index contributed by atoms with van der Waals surface area (Å²) in [6.07, 6.45) is 0. The van der Waals surface area contributed by atoms with Crippen LogP contribution in [-0.2, 0) is 17.8 Å². The van der Waals surface area contributed by atoms with Crippen LogP contribution >= 0.6 is 0 Å². The van der Waals surface area contributed by atoms with Crippen molar-refractivity contribution in [3.05, 3.63) is 29.6 Å². The Labute approximate surface area is 129 Å². The van der Waals surface area contributed by atoms with Gasteiger partial charge in [0.2, 0.25) is 0 Å². The summed E-state index contributed by atoms with van der Waals surface area (Å²) in [6, 6.07) is 6.68. The third kappa shape index (κ3) is 7.02. The Balaban J connectivity index is 2.66.